The summed E-state index contributed by atoms with van der Waals surface area (Å²) in [6, 6.07) is 9.55. The largest absolute Gasteiger partial charge is 0.306 e. The van der Waals surface area contributed by atoms with Gasteiger partial charge in [-0.3, -0.25) is 4.79 Å². The molecule has 0 spiro atoms. The monoisotopic (exact) mass is 322 g/mol. The molecule has 5 heteroatoms. The van der Waals surface area contributed by atoms with E-state index in [1.54, 1.807) is 43.5 Å². The van der Waals surface area contributed by atoms with Crippen LogP contribution in [0.3, 0.4) is 0 Å². The molecule has 0 unspecified atom stereocenters. The number of hydrogen-bond acceptors (Lipinski definition) is 2. The number of carbonyl (C=O) groups excluding carboxylic acids is 1. The van der Waals surface area contributed by atoms with Gasteiger partial charge in [-0.1, -0.05) is 12.1 Å². The highest BCUT2D eigenvalue weighted by atomic mass is 79.9. The van der Waals surface area contributed by atoms with Crippen LogP contribution in [0.2, 0.25) is 0 Å². The van der Waals surface area contributed by atoms with Crippen molar-refractivity contribution in [1.82, 2.24) is 4.98 Å². The van der Waals surface area contributed by atoms with Crippen LogP contribution in [0.25, 0.3) is 0 Å². The lowest BCUT2D eigenvalue weighted by Gasteiger charge is -2.21. The first kappa shape index (κ1) is 13.7. The topological polar surface area (TPSA) is 33.2 Å². The van der Waals surface area contributed by atoms with Crippen molar-refractivity contribution in [2.75, 3.05) is 11.4 Å². The van der Waals surface area contributed by atoms with Crippen molar-refractivity contribution in [1.29, 1.82) is 0 Å². The summed E-state index contributed by atoms with van der Waals surface area (Å²) >= 11 is 3.23. The molecule has 0 saturated carbocycles. The molecule has 0 bridgehead atoms. The lowest BCUT2D eigenvalue weighted by atomic mass is 10.2. The van der Waals surface area contributed by atoms with Crippen molar-refractivity contribution in [2.45, 2.75) is 6.92 Å². The van der Waals surface area contributed by atoms with E-state index in [0.29, 0.717) is 16.7 Å². The zero-order valence-corrected chi connectivity index (χ0v) is 11.9. The van der Waals surface area contributed by atoms with E-state index in [0.717, 1.165) is 0 Å². The third kappa shape index (κ3) is 2.81. The van der Waals surface area contributed by atoms with Gasteiger partial charge in [-0.25, -0.2) is 9.37 Å². The van der Waals surface area contributed by atoms with Gasteiger partial charge in [-0.2, -0.15) is 0 Å². The van der Waals surface area contributed by atoms with Gasteiger partial charge in [0.25, 0.3) is 5.91 Å². The molecule has 0 N–H and O–H groups in total. The number of aromatic nitrogens is 1. The molecule has 0 aliphatic rings. The van der Waals surface area contributed by atoms with E-state index in [1.807, 2.05) is 0 Å². The van der Waals surface area contributed by atoms with Gasteiger partial charge < -0.3 is 4.90 Å². The molecule has 0 saturated heterocycles. The van der Waals surface area contributed by atoms with Crippen LogP contribution in [0.15, 0.2) is 47.2 Å². The number of anilines is 1. The summed E-state index contributed by atoms with van der Waals surface area (Å²) < 4.78 is 14.2. The molecule has 0 aliphatic heterocycles. The maximum atomic E-state index is 13.8. The average molecular weight is 323 g/mol. The van der Waals surface area contributed by atoms with Gasteiger partial charge in [0.1, 0.15) is 10.4 Å². The molecule has 0 atom stereocenters. The first-order valence-electron chi connectivity index (χ1n) is 5.82. The minimum atomic E-state index is -0.419. The van der Waals surface area contributed by atoms with Crippen molar-refractivity contribution in [3.63, 3.8) is 0 Å². The van der Waals surface area contributed by atoms with Crippen LogP contribution in [-0.2, 0) is 0 Å². The van der Waals surface area contributed by atoms with Gasteiger partial charge in [-0.15, -0.1) is 0 Å². The van der Waals surface area contributed by atoms with Gasteiger partial charge in [0.05, 0.1) is 11.3 Å². The summed E-state index contributed by atoms with van der Waals surface area (Å²) in [4.78, 5) is 17.8. The molecule has 1 amide bonds. The smallest absolute Gasteiger partial charge is 0.261 e. The van der Waals surface area contributed by atoms with E-state index in [1.165, 1.54) is 11.0 Å². The highest BCUT2D eigenvalue weighted by molar-refractivity contribution is 9.10. The quantitative estimate of drug-likeness (QED) is 0.808. The highest BCUT2D eigenvalue weighted by Gasteiger charge is 2.20. The average Bonchev–Trinajstić information content (AvgIpc) is 2.42. The van der Waals surface area contributed by atoms with Crippen LogP contribution in [0.5, 0.6) is 0 Å². The van der Waals surface area contributed by atoms with E-state index < -0.39 is 5.82 Å². The van der Waals surface area contributed by atoms with Crippen LogP contribution in [0.4, 0.5) is 10.1 Å². The number of para-hydroxylation sites is 1. The highest BCUT2D eigenvalue weighted by Crippen LogP contribution is 2.23. The fourth-order valence-electron chi connectivity index (χ4n) is 1.78. The summed E-state index contributed by atoms with van der Waals surface area (Å²) in [6.45, 7) is 2.18. The zero-order chi connectivity index (χ0) is 13.8. The molecule has 0 fully saturated rings. The first-order valence-corrected chi connectivity index (χ1v) is 6.61. The predicted molar refractivity (Wildman–Crippen MR) is 75.7 cm³/mol. The second kappa shape index (κ2) is 5.93. The van der Waals surface area contributed by atoms with Gasteiger partial charge in [0.15, 0.2) is 0 Å². The van der Waals surface area contributed by atoms with Gasteiger partial charge in [0, 0.05) is 12.7 Å². The molecule has 0 aliphatic carbocycles. The fourth-order valence-corrected chi connectivity index (χ4v) is 2.20. The number of nitrogens with zero attached hydrogens (tertiary/aromatic N) is 2. The number of carbonyl (C=O) groups is 1. The predicted octanol–water partition coefficient (Wildman–Crippen LogP) is 3.65. The lowest BCUT2D eigenvalue weighted by molar-refractivity contribution is 0.0986. The van der Waals surface area contributed by atoms with E-state index in [-0.39, 0.29) is 11.6 Å². The Morgan fingerprint density at radius 1 is 1.32 bits per heavy atom. The Hall–Kier alpha value is -1.75. The van der Waals surface area contributed by atoms with Crippen LogP contribution >= 0.6 is 15.9 Å². The summed E-state index contributed by atoms with van der Waals surface area (Å²) in [5, 5.41) is 0. The maximum Gasteiger partial charge on any atom is 0.261 e. The first-order chi connectivity index (χ1) is 9.15. The van der Waals surface area contributed by atoms with Crippen LogP contribution < -0.4 is 4.90 Å². The summed E-state index contributed by atoms with van der Waals surface area (Å²) in [7, 11) is 0. The summed E-state index contributed by atoms with van der Waals surface area (Å²) in [5.41, 5.74) is 0.679. The van der Waals surface area contributed by atoms with Crippen molar-refractivity contribution < 1.29 is 9.18 Å². The normalized spacial score (nSPS) is 10.3. The summed E-state index contributed by atoms with van der Waals surface area (Å²) in [5.74, 6) is -0.703. The van der Waals surface area contributed by atoms with E-state index >= 15 is 0 Å². The Bertz CT molecular complexity index is 604. The Morgan fingerprint density at radius 3 is 2.68 bits per heavy atom. The van der Waals surface area contributed by atoms with E-state index in [2.05, 4.69) is 20.9 Å². The van der Waals surface area contributed by atoms with Crippen molar-refractivity contribution in [3.8, 4) is 0 Å². The molecule has 1 aromatic heterocycles. The Kier molecular flexibility index (Phi) is 4.27. The Labute approximate surface area is 119 Å². The number of benzene rings is 1. The standard InChI is InChI=1S/C14H12BrFN2O/c1-2-18(12-8-4-3-7-11(12)16)14(19)10-6-5-9-17-13(10)15/h3-9H,2H2,1H3. The fraction of sp³-hybridized carbons (Fsp3) is 0.143. The third-order valence-electron chi connectivity index (χ3n) is 2.69. The number of pyridine rings is 1. The SMILES string of the molecule is CCN(C(=O)c1cccnc1Br)c1ccccc1F. The lowest BCUT2D eigenvalue weighted by Crippen LogP contribution is -2.31. The van der Waals surface area contributed by atoms with E-state index in [9.17, 15) is 9.18 Å². The Balaban J connectivity index is 2.41. The van der Waals surface area contributed by atoms with Crippen molar-refractivity contribution in [3.05, 3.63) is 58.6 Å². The molecule has 1 heterocycles. The third-order valence-corrected chi connectivity index (χ3v) is 3.33. The van der Waals surface area contributed by atoms with Crippen LogP contribution in [-0.4, -0.2) is 17.4 Å². The number of halogens is 2. The molecule has 19 heavy (non-hydrogen) atoms. The molecule has 2 rings (SSSR count). The van der Waals surface area contributed by atoms with Gasteiger partial charge in [-0.05, 0) is 47.1 Å². The molecular weight excluding hydrogens is 311 g/mol. The minimum absolute atomic E-state index is 0.269. The number of hydrogen-bond donors (Lipinski definition) is 0. The molecule has 2 aromatic rings. The van der Waals surface area contributed by atoms with Gasteiger partial charge >= 0.3 is 0 Å². The van der Waals surface area contributed by atoms with Crippen LogP contribution in [0, 0.1) is 5.82 Å². The number of rotatable bonds is 3. The maximum absolute atomic E-state index is 13.8. The second-order valence-electron chi connectivity index (χ2n) is 3.84. The number of amides is 1. The Morgan fingerprint density at radius 2 is 2.05 bits per heavy atom. The molecule has 1 aromatic carbocycles. The molecular formula is C14H12BrFN2O. The van der Waals surface area contributed by atoms with E-state index in [4.69, 9.17) is 0 Å². The van der Waals surface area contributed by atoms with Crippen LogP contribution in [0.1, 0.15) is 17.3 Å². The minimum Gasteiger partial charge on any atom is -0.306 e. The second-order valence-corrected chi connectivity index (χ2v) is 4.59. The van der Waals surface area contributed by atoms with Gasteiger partial charge in [0.2, 0.25) is 0 Å². The molecule has 3 nitrogen and oxygen atoms in total. The van der Waals surface area contributed by atoms with Crippen molar-refractivity contribution >= 4 is 27.5 Å². The van der Waals surface area contributed by atoms with Crippen molar-refractivity contribution in [2.24, 2.45) is 0 Å². The zero-order valence-electron chi connectivity index (χ0n) is 10.3. The molecule has 0 radical (unpaired) electrons. The molecule has 98 valence electrons. The summed E-state index contributed by atoms with van der Waals surface area (Å²) in [6.07, 6.45) is 1.58.